The highest BCUT2D eigenvalue weighted by atomic mass is 32.2. The Bertz CT molecular complexity index is 444. The van der Waals surface area contributed by atoms with Gasteiger partial charge in [-0.2, -0.15) is 0 Å². The molecule has 0 bridgehead atoms. The van der Waals surface area contributed by atoms with Crippen LogP contribution >= 0.6 is 11.8 Å². The minimum atomic E-state index is 0.757. The molecule has 0 N–H and O–H groups in total. The maximum atomic E-state index is 11.1. The first-order chi connectivity index (χ1) is 8.24. The van der Waals surface area contributed by atoms with Gasteiger partial charge in [0.05, 0.1) is 0 Å². The van der Waals surface area contributed by atoms with Crippen LogP contribution in [0.2, 0.25) is 0 Å². The third kappa shape index (κ3) is 3.60. The summed E-state index contributed by atoms with van der Waals surface area (Å²) in [6.45, 7) is 6.25. The molecule has 0 radical (unpaired) electrons. The predicted octanol–water partition coefficient (Wildman–Crippen LogP) is 4.91. The monoisotopic (exact) mass is 246 g/mol. The van der Waals surface area contributed by atoms with Crippen molar-refractivity contribution in [1.29, 1.82) is 0 Å². The minimum Gasteiger partial charge on any atom is -0.298 e. The summed E-state index contributed by atoms with van der Waals surface area (Å²) < 4.78 is 0. The van der Waals surface area contributed by atoms with Gasteiger partial charge in [0.25, 0.3) is 0 Å². The number of hydrogen-bond donors (Lipinski definition) is 0. The minimum absolute atomic E-state index is 0.757. The smallest absolute Gasteiger partial charge is 0.150 e. The van der Waals surface area contributed by atoms with Gasteiger partial charge in [0, 0.05) is 10.5 Å². The van der Waals surface area contributed by atoms with Gasteiger partial charge in [0.15, 0.2) is 6.29 Å². The van der Waals surface area contributed by atoms with Crippen molar-refractivity contribution in [3.05, 3.63) is 52.4 Å². The Morgan fingerprint density at radius 3 is 2.65 bits per heavy atom. The van der Waals surface area contributed by atoms with Crippen LogP contribution in [0.15, 0.2) is 41.3 Å². The Hall–Kier alpha value is -1.28. The highest BCUT2D eigenvalue weighted by Crippen LogP contribution is 2.34. The first-order valence-electron chi connectivity index (χ1n) is 5.76. The lowest BCUT2D eigenvalue weighted by Gasteiger charge is -2.11. The van der Waals surface area contributed by atoms with Gasteiger partial charge in [-0.05, 0) is 31.2 Å². The van der Waals surface area contributed by atoms with Crippen molar-refractivity contribution in [2.45, 2.75) is 27.2 Å². The fourth-order valence-corrected chi connectivity index (χ4v) is 2.43. The van der Waals surface area contributed by atoms with E-state index in [0.29, 0.717) is 0 Å². The van der Waals surface area contributed by atoms with Gasteiger partial charge in [-0.15, -0.1) is 0 Å². The largest absolute Gasteiger partial charge is 0.298 e. The van der Waals surface area contributed by atoms with E-state index >= 15 is 0 Å². The molecule has 0 heterocycles. The molecule has 0 aliphatic carbocycles. The fourth-order valence-electron chi connectivity index (χ4n) is 1.50. The fraction of sp³-hybridized carbons (Fsp3) is 0.267. The Labute approximate surface area is 108 Å². The maximum Gasteiger partial charge on any atom is 0.150 e. The van der Waals surface area contributed by atoms with Crippen molar-refractivity contribution in [3.63, 3.8) is 0 Å². The molecule has 1 aromatic carbocycles. The second-order valence-electron chi connectivity index (χ2n) is 3.76. The first kappa shape index (κ1) is 13.8. The zero-order valence-electron chi connectivity index (χ0n) is 10.6. The predicted molar refractivity (Wildman–Crippen MR) is 77.1 cm³/mol. The van der Waals surface area contributed by atoms with Crippen molar-refractivity contribution in [2.75, 3.05) is 0 Å². The van der Waals surface area contributed by atoms with Gasteiger partial charge in [-0.1, -0.05) is 54.6 Å². The van der Waals surface area contributed by atoms with Crippen molar-refractivity contribution < 1.29 is 4.79 Å². The van der Waals surface area contributed by atoms with E-state index in [-0.39, 0.29) is 0 Å². The van der Waals surface area contributed by atoms with Crippen LogP contribution in [0, 0.1) is 0 Å². The van der Waals surface area contributed by atoms with E-state index in [1.807, 2.05) is 37.3 Å². The number of allylic oxidation sites excluding steroid dienone is 2. The number of thioether (sulfide) groups is 1. The van der Waals surface area contributed by atoms with Crippen molar-refractivity contribution in [3.8, 4) is 0 Å². The van der Waals surface area contributed by atoms with Crippen LogP contribution in [-0.2, 0) is 0 Å². The number of aldehydes is 1. The molecule has 0 saturated heterocycles. The van der Waals surface area contributed by atoms with E-state index in [4.69, 9.17) is 0 Å². The standard InChI is InChI=1S/C15H18OS/c1-4-10-17-15(12(3)5-2)14-9-7-6-8-13(14)11-16/h4,6-11H,5H2,1-3H3/b10-4-,15-12+. The van der Waals surface area contributed by atoms with Gasteiger partial charge < -0.3 is 0 Å². The van der Waals surface area contributed by atoms with Crippen LogP contribution < -0.4 is 0 Å². The molecule has 0 aromatic heterocycles. The lowest BCUT2D eigenvalue weighted by atomic mass is 10.0. The molecule has 1 rings (SSSR count). The maximum absolute atomic E-state index is 11.1. The molecule has 0 aliphatic rings. The number of carbonyl (C=O) groups excluding carboxylic acids is 1. The number of rotatable bonds is 5. The van der Waals surface area contributed by atoms with Crippen molar-refractivity contribution in [1.82, 2.24) is 0 Å². The molecule has 17 heavy (non-hydrogen) atoms. The van der Waals surface area contributed by atoms with Crippen LogP contribution in [0.1, 0.15) is 43.1 Å². The molecule has 0 fully saturated rings. The highest BCUT2D eigenvalue weighted by Gasteiger charge is 2.08. The van der Waals surface area contributed by atoms with E-state index in [2.05, 4.69) is 19.3 Å². The van der Waals surface area contributed by atoms with Gasteiger partial charge in [0.1, 0.15) is 0 Å². The van der Waals surface area contributed by atoms with Gasteiger partial charge in [-0.3, -0.25) is 4.79 Å². The zero-order valence-corrected chi connectivity index (χ0v) is 11.4. The van der Waals surface area contributed by atoms with Gasteiger partial charge in [-0.25, -0.2) is 0 Å². The van der Waals surface area contributed by atoms with E-state index < -0.39 is 0 Å². The summed E-state index contributed by atoms with van der Waals surface area (Å²) in [5.41, 5.74) is 3.10. The quantitative estimate of drug-likeness (QED) is 0.687. The molecule has 0 unspecified atom stereocenters. The topological polar surface area (TPSA) is 17.1 Å². The van der Waals surface area contributed by atoms with E-state index in [0.717, 1.165) is 23.8 Å². The zero-order chi connectivity index (χ0) is 12.7. The lowest BCUT2D eigenvalue weighted by Crippen LogP contribution is -1.91. The van der Waals surface area contributed by atoms with Crippen LogP contribution in [0.4, 0.5) is 0 Å². The molecule has 0 amide bonds. The second-order valence-corrected chi connectivity index (χ2v) is 4.67. The van der Waals surface area contributed by atoms with Crippen LogP contribution in [0.25, 0.3) is 4.91 Å². The SMILES string of the molecule is C/C=C\S/C(=C(\C)CC)c1ccccc1C=O. The van der Waals surface area contributed by atoms with Gasteiger partial charge in [0.2, 0.25) is 0 Å². The summed E-state index contributed by atoms with van der Waals surface area (Å²) in [5.74, 6) is 0. The summed E-state index contributed by atoms with van der Waals surface area (Å²) >= 11 is 1.68. The highest BCUT2D eigenvalue weighted by molar-refractivity contribution is 8.10. The third-order valence-electron chi connectivity index (χ3n) is 2.57. The van der Waals surface area contributed by atoms with E-state index in [9.17, 15) is 4.79 Å². The molecular weight excluding hydrogens is 228 g/mol. The Balaban J connectivity index is 3.26. The summed E-state index contributed by atoms with van der Waals surface area (Å²) in [4.78, 5) is 12.3. The molecule has 0 aliphatic heterocycles. The second kappa shape index (κ2) is 7.13. The van der Waals surface area contributed by atoms with Crippen LogP contribution in [-0.4, -0.2) is 6.29 Å². The Morgan fingerprint density at radius 1 is 1.35 bits per heavy atom. The van der Waals surface area contributed by atoms with Crippen LogP contribution in [0.3, 0.4) is 0 Å². The summed E-state index contributed by atoms with van der Waals surface area (Å²) in [6.07, 6.45) is 3.93. The molecule has 0 saturated carbocycles. The lowest BCUT2D eigenvalue weighted by molar-refractivity contribution is 0.112. The molecule has 0 atom stereocenters. The Morgan fingerprint density at radius 2 is 2.06 bits per heavy atom. The number of benzene rings is 1. The number of carbonyl (C=O) groups is 1. The molecule has 90 valence electrons. The molecular formula is C15H18OS. The normalized spacial score (nSPS) is 12.6. The molecule has 1 nitrogen and oxygen atoms in total. The van der Waals surface area contributed by atoms with Gasteiger partial charge >= 0.3 is 0 Å². The Kier molecular flexibility index (Phi) is 5.78. The van der Waals surface area contributed by atoms with Crippen molar-refractivity contribution in [2.24, 2.45) is 0 Å². The summed E-state index contributed by atoms with van der Waals surface area (Å²) in [5, 5.41) is 2.05. The first-order valence-corrected chi connectivity index (χ1v) is 6.64. The molecule has 1 aromatic rings. The third-order valence-corrected chi connectivity index (χ3v) is 3.78. The van der Waals surface area contributed by atoms with E-state index in [1.54, 1.807) is 11.8 Å². The van der Waals surface area contributed by atoms with Crippen LogP contribution in [0.5, 0.6) is 0 Å². The van der Waals surface area contributed by atoms with Crippen molar-refractivity contribution >= 4 is 23.0 Å². The molecule has 0 spiro atoms. The number of hydrogen-bond acceptors (Lipinski definition) is 2. The average molecular weight is 246 g/mol. The molecule has 2 heteroatoms. The summed E-state index contributed by atoms with van der Waals surface area (Å²) in [7, 11) is 0. The average Bonchev–Trinajstić information content (AvgIpc) is 2.39. The summed E-state index contributed by atoms with van der Waals surface area (Å²) in [6, 6.07) is 7.74. The van der Waals surface area contributed by atoms with E-state index in [1.165, 1.54) is 10.5 Å².